The van der Waals surface area contributed by atoms with Crippen molar-refractivity contribution in [2.24, 2.45) is 0 Å². The summed E-state index contributed by atoms with van der Waals surface area (Å²) in [6.45, 7) is 5.11. The lowest BCUT2D eigenvalue weighted by atomic mass is 10.1. The molecule has 0 bridgehead atoms. The smallest absolute Gasteiger partial charge is 0.135 e. The molecule has 2 nitrogen and oxygen atoms in total. The van der Waals surface area contributed by atoms with E-state index in [9.17, 15) is 4.79 Å². The summed E-state index contributed by atoms with van der Waals surface area (Å²) in [4.78, 5) is 13.5. The van der Waals surface area contributed by atoms with Gasteiger partial charge in [-0.05, 0) is 18.9 Å². The first-order valence-electron chi connectivity index (χ1n) is 6.03. The third-order valence-corrected chi connectivity index (χ3v) is 3.21. The molecule has 0 aliphatic carbocycles. The number of piperidine rings is 1. The zero-order valence-electron chi connectivity index (χ0n) is 9.91. The number of ketones is 1. The number of hydrogen-bond acceptors (Lipinski definition) is 2. The van der Waals surface area contributed by atoms with E-state index >= 15 is 0 Å². The third-order valence-electron chi connectivity index (χ3n) is 3.21. The van der Waals surface area contributed by atoms with Crippen molar-refractivity contribution >= 4 is 5.78 Å². The first kappa shape index (κ1) is 11.3. The number of Topliss-reactive ketones (excluding diaryl/α,β-unsaturated/α-hetero) is 1. The van der Waals surface area contributed by atoms with Gasteiger partial charge in [0.1, 0.15) is 5.78 Å². The minimum absolute atomic E-state index is 0.423. The Balaban J connectivity index is 1.81. The molecular formula is C14H19NO. The number of rotatable bonds is 3. The van der Waals surface area contributed by atoms with Gasteiger partial charge in [0.05, 0.1) is 0 Å². The second-order valence-electron chi connectivity index (χ2n) is 4.62. The lowest BCUT2D eigenvalue weighted by Gasteiger charge is -2.25. The van der Waals surface area contributed by atoms with Crippen LogP contribution in [0.25, 0.3) is 0 Å². The number of aryl methyl sites for hydroxylation is 1. The molecule has 1 aromatic rings. The average Bonchev–Trinajstić information content (AvgIpc) is 2.28. The van der Waals surface area contributed by atoms with Crippen molar-refractivity contribution in [2.45, 2.75) is 26.2 Å². The molecule has 1 saturated heterocycles. The zero-order chi connectivity index (χ0) is 11.4. The Morgan fingerprint density at radius 1 is 1.25 bits per heavy atom. The number of carbonyl (C=O) groups excluding carboxylic acids is 1. The van der Waals surface area contributed by atoms with E-state index in [1.165, 1.54) is 11.1 Å². The second kappa shape index (κ2) is 5.26. The Hall–Kier alpha value is -1.15. The summed E-state index contributed by atoms with van der Waals surface area (Å²) in [6.07, 6.45) is 2.58. The maximum Gasteiger partial charge on any atom is 0.135 e. The Labute approximate surface area is 97.3 Å². The van der Waals surface area contributed by atoms with E-state index in [2.05, 4.69) is 36.1 Å². The van der Waals surface area contributed by atoms with Gasteiger partial charge in [-0.15, -0.1) is 0 Å². The highest BCUT2D eigenvalue weighted by atomic mass is 16.1. The molecule has 86 valence electrons. The van der Waals surface area contributed by atoms with Crippen molar-refractivity contribution in [3.05, 3.63) is 35.4 Å². The summed E-state index contributed by atoms with van der Waals surface area (Å²) < 4.78 is 0. The third kappa shape index (κ3) is 3.17. The number of nitrogens with zero attached hydrogens (tertiary/aromatic N) is 1. The van der Waals surface area contributed by atoms with Crippen LogP contribution in [0.4, 0.5) is 0 Å². The van der Waals surface area contributed by atoms with Gasteiger partial charge in [0.25, 0.3) is 0 Å². The molecule has 0 spiro atoms. The first-order chi connectivity index (χ1) is 7.74. The minimum atomic E-state index is 0.423. The molecule has 0 atom stereocenters. The van der Waals surface area contributed by atoms with Crippen LogP contribution < -0.4 is 0 Å². The van der Waals surface area contributed by atoms with Gasteiger partial charge in [-0.1, -0.05) is 29.8 Å². The number of hydrogen-bond donors (Lipinski definition) is 0. The van der Waals surface area contributed by atoms with Gasteiger partial charge < -0.3 is 4.90 Å². The molecule has 0 saturated carbocycles. The van der Waals surface area contributed by atoms with Crippen LogP contribution in [0.5, 0.6) is 0 Å². The van der Waals surface area contributed by atoms with Crippen LogP contribution in [0, 0.1) is 6.92 Å². The summed E-state index contributed by atoms with van der Waals surface area (Å²) in [5, 5.41) is 0. The first-order valence-corrected chi connectivity index (χ1v) is 6.03. The van der Waals surface area contributed by atoms with Crippen molar-refractivity contribution < 1.29 is 4.79 Å². The molecule has 1 fully saturated rings. The highest BCUT2D eigenvalue weighted by molar-refractivity contribution is 5.79. The normalized spacial score (nSPS) is 17.7. The predicted octanol–water partition coefficient (Wildman–Crippen LogP) is 2.20. The molecule has 0 radical (unpaired) electrons. The van der Waals surface area contributed by atoms with E-state index in [4.69, 9.17) is 0 Å². The molecular weight excluding hydrogens is 198 g/mol. The van der Waals surface area contributed by atoms with Gasteiger partial charge in [0, 0.05) is 32.5 Å². The van der Waals surface area contributed by atoms with E-state index in [1.807, 2.05) is 0 Å². The van der Waals surface area contributed by atoms with E-state index in [0.29, 0.717) is 5.78 Å². The highest BCUT2D eigenvalue weighted by Crippen LogP contribution is 2.09. The molecule has 1 heterocycles. The summed E-state index contributed by atoms with van der Waals surface area (Å²) in [5.41, 5.74) is 2.73. The van der Waals surface area contributed by atoms with E-state index in [-0.39, 0.29) is 0 Å². The molecule has 2 heteroatoms. The minimum Gasteiger partial charge on any atom is -0.302 e. The van der Waals surface area contributed by atoms with Gasteiger partial charge in [0.15, 0.2) is 0 Å². The number of likely N-dealkylation sites (tertiary alicyclic amines) is 1. The topological polar surface area (TPSA) is 20.3 Å². The summed E-state index contributed by atoms with van der Waals surface area (Å²) >= 11 is 0. The van der Waals surface area contributed by atoms with Crippen LogP contribution in [0.1, 0.15) is 24.0 Å². The van der Waals surface area contributed by atoms with Gasteiger partial charge in [-0.3, -0.25) is 4.79 Å². The summed E-state index contributed by atoms with van der Waals surface area (Å²) in [5.74, 6) is 0.423. The Morgan fingerprint density at radius 3 is 2.69 bits per heavy atom. The molecule has 2 rings (SSSR count). The maximum absolute atomic E-state index is 11.1. The van der Waals surface area contributed by atoms with Crippen LogP contribution in [0.15, 0.2) is 24.3 Å². The monoisotopic (exact) mass is 217 g/mol. The SMILES string of the molecule is Cc1cccc(CCN2CCC(=O)CC2)c1. The molecule has 1 aromatic carbocycles. The number of benzene rings is 1. The molecule has 1 aliphatic heterocycles. The van der Waals surface area contributed by atoms with Gasteiger partial charge in [-0.25, -0.2) is 0 Å². The predicted molar refractivity (Wildman–Crippen MR) is 65.6 cm³/mol. The van der Waals surface area contributed by atoms with Crippen LogP contribution in [0.2, 0.25) is 0 Å². The van der Waals surface area contributed by atoms with Crippen molar-refractivity contribution in [3.63, 3.8) is 0 Å². The van der Waals surface area contributed by atoms with E-state index in [0.717, 1.165) is 38.9 Å². The van der Waals surface area contributed by atoms with Crippen LogP contribution >= 0.6 is 0 Å². The fraction of sp³-hybridized carbons (Fsp3) is 0.500. The fourth-order valence-corrected chi connectivity index (χ4v) is 2.18. The van der Waals surface area contributed by atoms with Gasteiger partial charge >= 0.3 is 0 Å². The fourth-order valence-electron chi connectivity index (χ4n) is 2.18. The van der Waals surface area contributed by atoms with Crippen molar-refractivity contribution in [3.8, 4) is 0 Å². The Morgan fingerprint density at radius 2 is 2.00 bits per heavy atom. The van der Waals surface area contributed by atoms with Gasteiger partial charge in [0.2, 0.25) is 0 Å². The average molecular weight is 217 g/mol. The van der Waals surface area contributed by atoms with E-state index < -0.39 is 0 Å². The highest BCUT2D eigenvalue weighted by Gasteiger charge is 2.15. The number of carbonyl (C=O) groups is 1. The van der Waals surface area contributed by atoms with Crippen molar-refractivity contribution in [1.82, 2.24) is 4.90 Å². The Kier molecular flexibility index (Phi) is 3.73. The lowest BCUT2D eigenvalue weighted by Crippen LogP contribution is -2.35. The molecule has 16 heavy (non-hydrogen) atoms. The van der Waals surface area contributed by atoms with Crippen molar-refractivity contribution in [1.29, 1.82) is 0 Å². The van der Waals surface area contributed by atoms with Crippen molar-refractivity contribution in [2.75, 3.05) is 19.6 Å². The second-order valence-corrected chi connectivity index (χ2v) is 4.62. The standard InChI is InChI=1S/C14H19NO/c1-12-3-2-4-13(11-12)5-8-15-9-6-14(16)7-10-15/h2-4,11H,5-10H2,1H3. The molecule has 0 N–H and O–H groups in total. The molecule has 1 aliphatic rings. The molecule has 0 unspecified atom stereocenters. The molecule has 0 aromatic heterocycles. The van der Waals surface area contributed by atoms with Crippen LogP contribution in [0.3, 0.4) is 0 Å². The molecule has 0 amide bonds. The maximum atomic E-state index is 11.1. The Bertz CT molecular complexity index is 363. The van der Waals surface area contributed by atoms with Crippen LogP contribution in [-0.4, -0.2) is 30.3 Å². The van der Waals surface area contributed by atoms with Crippen LogP contribution in [-0.2, 0) is 11.2 Å². The largest absolute Gasteiger partial charge is 0.302 e. The van der Waals surface area contributed by atoms with Gasteiger partial charge in [-0.2, -0.15) is 0 Å². The summed E-state index contributed by atoms with van der Waals surface area (Å²) in [7, 11) is 0. The lowest BCUT2D eigenvalue weighted by molar-refractivity contribution is -0.121. The quantitative estimate of drug-likeness (QED) is 0.773. The van der Waals surface area contributed by atoms with E-state index in [1.54, 1.807) is 0 Å². The summed E-state index contributed by atoms with van der Waals surface area (Å²) in [6, 6.07) is 8.67. The zero-order valence-corrected chi connectivity index (χ0v) is 9.91.